The lowest BCUT2D eigenvalue weighted by Crippen LogP contribution is -2.05. The van der Waals surface area contributed by atoms with E-state index >= 15 is 0 Å². The van der Waals surface area contributed by atoms with Crippen LogP contribution in [-0.2, 0) is 9.53 Å². The molecule has 20 heavy (non-hydrogen) atoms. The fourth-order valence-corrected chi connectivity index (χ4v) is 2.56. The summed E-state index contributed by atoms with van der Waals surface area (Å²) in [4.78, 5) is 13.5. The maximum Gasteiger partial charge on any atom is 0.330 e. The van der Waals surface area contributed by atoms with Crippen LogP contribution in [0.3, 0.4) is 0 Å². The molecule has 0 fully saturated rings. The van der Waals surface area contributed by atoms with Crippen LogP contribution in [0.1, 0.15) is 18.6 Å². The van der Waals surface area contributed by atoms with E-state index in [1.54, 1.807) is 11.8 Å². The van der Waals surface area contributed by atoms with Gasteiger partial charge in [0.1, 0.15) is 6.10 Å². The molecule has 1 atom stereocenters. The first-order valence-corrected chi connectivity index (χ1v) is 7.16. The summed E-state index contributed by atoms with van der Waals surface area (Å²) in [7, 11) is 0. The van der Waals surface area contributed by atoms with E-state index in [2.05, 4.69) is 18.7 Å². The molecular weight excluding hydrogens is 268 g/mol. The van der Waals surface area contributed by atoms with Crippen molar-refractivity contribution in [3.8, 4) is 0 Å². The molecule has 0 radical (unpaired) electrons. The van der Waals surface area contributed by atoms with Crippen LogP contribution in [0.15, 0.2) is 77.0 Å². The van der Waals surface area contributed by atoms with Gasteiger partial charge in [0.2, 0.25) is 0 Å². The van der Waals surface area contributed by atoms with Gasteiger partial charge in [-0.05, 0) is 36.8 Å². The van der Waals surface area contributed by atoms with Gasteiger partial charge in [0.15, 0.2) is 0 Å². The Balaban J connectivity index is 2.02. The fourth-order valence-electron chi connectivity index (χ4n) is 1.72. The maximum atomic E-state index is 11.2. The average molecular weight is 284 g/mol. The minimum Gasteiger partial charge on any atom is -0.455 e. The topological polar surface area (TPSA) is 26.3 Å². The van der Waals surface area contributed by atoms with Gasteiger partial charge in [0.05, 0.1) is 0 Å². The van der Waals surface area contributed by atoms with E-state index in [0.29, 0.717) is 0 Å². The van der Waals surface area contributed by atoms with Crippen molar-refractivity contribution in [3.05, 3.63) is 72.8 Å². The van der Waals surface area contributed by atoms with E-state index in [0.717, 1.165) is 10.5 Å². The number of hydrogen-bond acceptors (Lipinski definition) is 3. The lowest BCUT2D eigenvalue weighted by atomic mass is 10.1. The third-order valence-electron chi connectivity index (χ3n) is 2.79. The highest BCUT2D eigenvalue weighted by atomic mass is 32.2. The van der Waals surface area contributed by atoms with E-state index < -0.39 is 5.97 Å². The largest absolute Gasteiger partial charge is 0.455 e. The van der Waals surface area contributed by atoms with Crippen molar-refractivity contribution in [3.63, 3.8) is 0 Å². The summed E-state index contributed by atoms with van der Waals surface area (Å²) in [6.45, 7) is 5.24. The first kappa shape index (κ1) is 14.4. The summed E-state index contributed by atoms with van der Waals surface area (Å²) in [5.41, 5.74) is 0.970. The Morgan fingerprint density at radius 2 is 1.70 bits per heavy atom. The molecule has 1 unspecified atom stereocenters. The van der Waals surface area contributed by atoms with E-state index in [-0.39, 0.29) is 6.10 Å². The predicted octanol–water partition coefficient (Wildman–Crippen LogP) is 4.63. The van der Waals surface area contributed by atoms with Crippen molar-refractivity contribution in [2.75, 3.05) is 0 Å². The second kappa shape index (κ2) is 6.96. The smallest absolute Gasteiger partial charge is 0.330 e. The van der Waals surface area contributed by atoms with Crippen molar-refractivity contribution in [2.24, 2.45) is 0 Å². The lowest BCUT2D eigenvalue weighted by molar-refractivity contribution is -0.142. The van der Waals surface area contributed by atoms with Crippen LogP contribution in [0.2, 0.25) is 0 Å². The molecule has 2 nitrogen and oxygen atoms in total. The van der Waals surface area contributed by atoms with E-state index in [9.17, 15) is 4.79 Å². The molecule has 3 heteroatoms. The molecule has 0 saturated carbocycles. The average Bonchev–Trinajstić information content (AvgIpc) is 2.49. The minimum absolute atomic E-state index is 0.267. The summed E-state index contributed by atoms with van der Waals surface area (Å²) in [5, 5.41) is 0. The molecule has 0 aliphatic rings. The quantitative estimate of drug-likeness (QED) is 0.591. The molecule has 2 rings (SSSR count). The maximum absolute atomic E-state index is 11.2. The van der Waals surface area contributed by atoms with E-state index in [1.807, 2.05) is 49.4 Å². The number of benzene rings is 2. The van der Waals surface area contributed by atoms with E-state index in [4.69, 9.17) is 4.74 Å². The summed E-state index contributed by atoms with van der Waals surface area (Å²) < 4.78 is 5.18. The van der Waals surface area contributed by atoms with E-state index in [1.165, 1.54) is 11.0 Å². The summed E-state index contributed by atoms with van der Waals surface area (Å²) in [6, 6.07) is 18.2. The van der Waals surface area contributed by atoms with Crippen LogP contribution in [0.4, 0.5) is 0 Å². The number of ether oxygens (including phenoxy) is 1. The molecule has 0 aromatic heterocycles. The van der Waals surface area contributed by atoms with Crippen LogP contribution in [0, 0.1) is 0 Å². The molecule has 0 bridgehead atoms. The zero-order valence-corrected chi connectivity index (χ0v) is 12.1. The third-order valence-corrected chi connectivity index (χ3v) is 3.80. The van der Waals surface area contributed by atoms with Gasteiger partial charge in [-0.2, -0.15) is 0 Å². The Labute approximate surface area is 123 Å². The molecule has 0 spiro atoms. The molecule has 0 aliphatic heterocycles. The zero-order chi connectivity index (χ0) is 14.4. The first-order chi connectivity index (χ1) is 9.69. The SMILES string of the molecule is C=CC(=O)OC(C)c1ccc(Sc2ccccc2)cc1. The molecule has 0 N–H and O–H groups in total. The highest BCUT2D eigenvalue weighted by Gasteiger charge is 2.09. The Kier molecular flexibility index (Phi) is 5.02. The molecule has 0 heterocycles. The van der Waals surface area contributed by atoms with Gasteiger partial charge < -0.3 is 4.74 Å². The van der Waals surface area contributed by atoms with Crippen LogP contribution in [-0.4, -0.2) is 5.97 Å². The minimum atomic E-state index is -0.403. The van der Waals surface area contributed by atoms with Crippen molar-refractivity contribution in [1.82, 2.24) is 0 Å². The van der Waals surface area contributed by atoms with Crippen molar-refractivity contribution < 1.29 is 9.53 Å². The fraction of sp³-hybridized carbons (Fsp3) is 0.118. The van der Waals surface area contributed by atoms with Gasteiger partial charge in [-0.15, -0.1) is 0 Å². The third kappa shape index (κ3) is 4.00. The number of carbonyl (C=O) groups excluding carboxylic acids is 1. The number of hydrogen-bond donors (Lipinski definition) is 0. The predicted molar refractivity (Wildman–Crippen MR) is 81.7 cm³/mol. The second-order valence-electron chi connectivity index (χ2n) is 4.27. The monoisotopic (exact) mass is 284 g/mol. The molecular formula is C17H16O2S. The zero-order valence-electron chi connectivity index (χ0n) is 11.3. The Morgan fingerprint density at radius 1 is 1.10 bits per heavy atom. The van der Waals surface area contributed by atoms with Gasteiger partial charge >= 0.3 is 5.97 Å². The lowest BCUT2D eigenvalue weighted by Gasteiger charge is -2.12. The number of esters is 1. The summed E-state index contributed by atoms with van der Waals surface area (Å²) in [6.07, 6.45) is 0.909. The normalized spacial score (nSPS) is 11.7. The number of carbonyl (C=O) groups is 1. The first-order valence-electron chi connectivity index (χ1n) is 6.35. The summed E-state index contributed by atoms with van der Waals surface area (Å²) in [5.74, 6) is -0.403. The van der Waals surface area contributed by atoms with Crippen molar-refractivity contribution in [2.45, 2.75) is 22.8 Å². The standard InChI is InChI=1S/C17H16O2S/c1-3-17(18)19-13(2)14-9-11-16(12-10-14)20-15-7-5-4-6-8-15/h3-13H,1H2,2H3. The van der Waals surface area contributed by atoms with Crippen LogP contribution < -0.4 is 0 Å². The molecule has 0 aliphatic carbocycles. The van der Waals surface area contributed by atoms with Crippen LogP contribution >= 0.6 is 11.8 Å². The van der Waals surface area contributed by atoms with Gasteiger partial charge in [0, 0.05) is 15.9 Å². The van der Waals surface area contributed by atoms with Crippen molar-refractivity contribution >= 4 is 17.7 Å². The second-order valence-corrected chi connectivity index (χ2v) is 5.41. The van der Waals surface area contributed by atoms with Crippen LogP contribution in [0.5, 0.6) is 0 Å². The molecule has 0 saturated heterocycles. The van der Waals surface area contributed by atoms with Crippen LogP contribution in [0.25, 0.3) is 0 Å². The molecule has 0 amide bonds. The summed E-state index contributed by atoms with van der Waals surface area (Å²) >= 11 is 1.70. The van der Waals surface area contributed by atoms with Gasteiger partial charge in [-0.1, -0.05) is 48.7 Å². The molecule has 2 aromatic rings. The number of rotatable bonds is 5. The van der Waals surface area contributed by atoms with Gasteiger partial charge in [-0.25, -0.2) is 4.79 Å². The van der Waals surface area contributed by atoms with Gasteiger partial charge in [0.25, 0.3) is 0 Å². The Hall–Kier alpha value is -2.00. The molecule has 102 valence electrons. The highest BCUT2D eigenvalue weighted by Crippen LogP contribution is 2.28. The van der Waals surface area contributed by atoms with Crippen molar-refractivity contribution in [1.29, 1.82) is 0 Å². The highest BCUT2D eigenvalue weighted by molar-refractivity contribution is 7.99. The Morgan fingerprint density at radius 3 is 2.30 bits per heavy atom. The van der Waals surface area contributed by atoms with Gasteiger partial charge in [-0.3, -0.25) is 0 Å². The Bertz CT molecular complexity index is 576. The molecule has 2 aromatic carbocycles.